The van der Waals surface area contributed by atoms with Gasteiger partial charge in [-0.3, -0.25) is 0 Å². The van der Waals surface area contributed by atoms with E-state index in [2.05, 4.69) is 6.92 Å². The van der Waals surface area contributed by atoms with E-state index in [9.17, 15) is 5.11 Å². The first-order valence-electron chi connectivity index (χ1n) is 6.86. The third-order valence-electron chi connectivity index (χ3n) is 3.01. The molecule has 0 heterocycles. The van der Waals surface area contributed by atoms with Crippen molar-refractivity contribution in [1.29, 1.82) is 0 Å². The minimum atomic E-state index is -0.0704. The Morgan fingerprint density at radius 2 is 1.94 bits per heavy atom. The molecule has 18 heavy (non-hydrogen) atoms. The normalized spacial score (nSPS) is 12.4. The van der Waals surface area contributed by atoms with E-state index in [-0.39, 0.29) is 11.8 Å². The second-order valence-electron chi connectivity index (χ2n) is 4.78. The molecule has 0 amide bonds. The van der Waals surface area contributed by atoms with Gasteiger partial charge in [-0.1, -0.05) is 38.7 Å². The topological polar surface area (TPSA) is 55.5 Å². The molecule has 0 bridgehead atoms. The molecule has 1 atom stereocenters. The van der Waals surface area contributed by atoms with Crippen LogP contribution in [0.2, 0.25) is 0 Å². The van der Waals surface area contributed by atoms with Crippen LogP contribution in [0.1, 0.15) is 57.6 Å². The Kier molecular flexibility index (Phi) is 6.58. The van der Waals surface area contributed by atoms with Gasteiger partial charge in [0.15, 0.2) is 11.5 Å². The minimum absolute atomic E-state index is 0.0704. The highest BCUT2D eigenvalue weighted by molar-refractivity contribution is 5.42. The molecule has 0 saturated heterocycles. The van der Waals surface area contributed by atoms with Crippen LogP contribution < -0.4 is 10.5 Å². The third-order valence-corrected chi connectivity index (χ3v) is 3.01. The van der Waals surface area contributed by atoms with Crippen LogP contribution in [0.15, 0.2) is 18.2 Å². The van der Waals surface area contributed by atoms with Gasteiger partial charge in [-0.05, 0) is 31.0 Å². The molecule has 3 nitrogen and oxygen atoms in total. The molecule has 0 radical (unpaired) electrons. The lowest BCUT2D eigenvalue weighted by atomic mass is 10.1. The molecular formula is C15H25NO2. The van der Waals surface area contributed by atoms with Crippen LogP contribution in [0.3, 0.4) is 0 Å². The highest BCUT2D eigenvalue weighted by Gasteiger charge is 2.06. The fourth-order valence-electron chi connectivity index (χ4n) is 1.83. The Morgan fingerprint density at radius 3 is 2.56 bits per heavy atom. The Hall–Kier alpha value is -1.22. The van der Waals surface area contributed by atoms with Crippen molar-refractivity contribution in [2.75, 3.05) is 6.61 Å². The lowest BCUT2D eigenvalue weighted by molar-refractivity contribution is 0.288. The maximum absolute atomic E-state index is 9.80. The molecule has 3 heteroatoms. The van der Waals surface area contributed by atoms with Gasteiger partial charge in [0.2, 0.25) is 0 Å². The van der Waals surface area contributed by atoms with Gasteiger partial charge >= 0.3 is 0 Å². The van der Waals surface area contributed by atoms with E-state index in [1.54, 1.807) is 12.1 Å². The first-order valence-corrected chi connectivity index (χ1v) is 6.86. The van der Waals surface area contributed by atoms with Crippen molar-refractivity contribution < 1.29 is 9.84 Å². The molecule has 0 aromatic heterocycles. The van der Waals surface area contributed by atoms with Crippen LogP contribution in [-0.4, -0.2) is 11.7 Å². The molecule has 3 N–H and O–H groups in total. The summed E-state index contributed by atoms with van der Waals surface area (Å²) < 4.78 is 5.56. The van der Waals surface area contributed by atoms with Crippen molar-refractivity contribution in [3.63, 3.8) is 0 Å². The van der Waals surface area contributed by atoms with E-state index >= 15 is 0 Å². The summed E-state index contributed by atoms with van der Waals surface area (Å²) in [5.41, 5.74) is 6.67. The summed E-state index contributed by atoms with van der Waals surface area (Å²) in [7, 11) is 0. The fraction of sp³-hybridized carbons (Fsp3) is 0.600. The van der Waals surface area contributed by atoms with Crippen LogP contribution in [0.5, 0.6) is 11.5 Å². The zero-order valence-corrected chi connectivity index (χ0v) is 11.5. The Labute approximate surface area is 110 Å². The van der Waals surface area contributed by atoms with E-state index in [0.29, 0.717) is 12.4 Å². The summed E-state index contributed by atoms with van der Waals surface area (Å²) in [4.78, 5) is 0. The summed E-state index contributed by atoms with van der Waals surface area (Å²) in [5.74, 6) is 0.730. The van der Waals surface area contributed by atoms with Gasteiger partial charge in [-0.15, -0.1) is 0 Å². The van der Waals surface area contributed by atoms with Crippen molar-refractivity contribution in [1.82, 2.24) is 0 Å². The molecule has 0 saturated carbocycles. The molecule has 1 rings (SSSR count). The molecule has 1 unspecified atom stereocenters. The summed E-state index contributed by atoms with van der Waals surface area (Å²) in [6.45, 7) is 4.76. The van der Waals surface area contributed by atoms with Crippen LogP contribution in [0.4, 0.5) is 0 Å². The number of aromatic hydroxyl groups is 1. The van der Waals surface area contributed by atoms with Gasteiger partial charge in [-0.25, -0.2) is 0 Å². The summed E-state index contributed by atoms with van der Waals surface area (Å²) in [6.07, 6.45) is 6.02. The van der Waals surface area contributed by atoms with Crippen LogP contribution >= 0.6 is 0 Å². The van der Waals surface area contributed by atoms with Crippen LogP contribution in [0.25, 0.3) is 0 Å². The largest absolute Gasteiger partial charge is 0.504 e. The molecular weight excluding hydrogens is 226 g/mol. The number of rotatable bonds is 8. The lowest BCUT2D eigenvalue weighted by Gasteiger charge is -2.11. The summed E-state index contributed by atoms with van der Waals surface area (Å²) in [6, 6.07) is 5.30. The zero-order chi connectivity index (χ0) is 13.4. The van der Waals surface area contributed by atoms with E-state index in [0.717, 1.165) is 12.0 Å². The number of hydrogen-bond donors (Lipinski definition) is 2. The molecule has 0 aliphatic heterocycles. The fourth-order valence-corrected chi connectivity index (χ4v) is 1.83. The van der Waals surface area contributed by atoms with Crippen molar-refractivity contribution in [3.05, 3.63) is 23.8 Å². The predicted octanol–water partition coefficient (Wildman–Crippen LogP) is 3.76. The van der Waals surface area contributed by atoms with Crippen LogP contribution in [0, 0.1) is 0 Å². The predicted molar refractivity (Wildman–Crippen MR) is 75.0 cm³/mol. The number of unbranched alkanes of at least 4 members (excludes halogenated alkanes) is 4. The number of phenols is 1. The number of hydrogen-bond acceptors (Lipinski definition) is 3. The van der Waals surface area contributed by atoms with Crippen molar-refractivity contribution in [3.8, 4) is 11.5 Å². The summed E-state index contributed by atoms with van der Waals surface area (Å²) in [5, 5.41) is 9.80. The molecule has 0 aliphatic rings. The number of nitrogens with two attached hydrogens (primary N) is 1. The van der Waals surface area contributed by atoms with E-state index in [4.69, 9.17) is 10.5 Å². The third kappa shape index (κ3) is 4.96. The Morgan fingerprint density at radius 1 is 1.22 bits per heavy atom. The van der Waals surface area contributed by atoms with Crippen molar-refractivity contribution >= 4 is 0 Å². The highest BCUT2D eigenvalue weighted by atomic mass is 16.5. The van der Waals surface area contributed by atoms with E-state index in [1.165, 1.54) is 25.7 Å². The standard InChI is InChI=1S/C15H25NO2/c1-3-4-5-6-7-10-18-15-9-8-13(12(2)16)11-14(15)17/h8-9,11-12,17H,3-7,10,16H2,1-2H3. The molecule has 0 aliphatic carbocycles. The maximum atomic E-state index is 9.80. The van der Waals surface area contributed by atoms with Crippen LogP contribution in [-0.2, 0) is 0 Å². The first kappa shape index (κ1) is 14.8. The Balaban J connectivity index is 2.34. The zero-order valence-electron chi connectivity index (χ0n) is 11.5. The van der Waals surface area contributed by atoms with Gasteiger partial charge < -0.3 is 15.6 Å². The van der Waals surface area contributed by atoms with E-state index < -0.39 is 0 Å². The number of ether oxygens (including phenoxy) is 1. The maximum Gasteiger partial charge on any atom is 0.160 e. The molecule has 1 aromatic carbocycles. The monoisotopic (exact) mass is 251 g/mol. The second-order valence-corrected chi connectivity index (χ2v) is 4.78. The van der Waals surface area contributed by atoms with Gasteiger partial charge in [-0.2, -0.15) is 0 Å². The second kappa shape index (κ2) is 7.98. The van der Waals surface area contributed by atoms with Gasteiger partial charge in [0.25, 0.3) is 0 Å². The minimum Gasteiger partial charge on any atom is -0.504 e. The number of phenolic OH excluding ortho intramolecular Hbond substituents is 1. The first-order chi connectivity index (χ1) is 8.65. The number of benzene rings is 1. The van der Waals surface area contributed by atoms with Gasteiger partial charge in [0, 0.05) is 6.04 Å². The smallest absolute Gasteiger partial charge is 0.160 e. The van der Waals surface area contributed by atoms with Crippen molar-refractivity contribution in [2.45, 2.75) is 52.0 Å². The molecule has 0 fully saturated rings. The SMILES string of the molecule is CCCCCCCOc1ccc(C(C)N)cc1O. The Bertz CT molecular complexity index is 350. The molecule has 0 spiro atoms. The van der Waals surface area contributed by atoms with Gasteiger partial charge in [0.1, 0.15) is 0 Å². The molecule has 1 aromatic rings. The average molecular weight is 251 g/mol. The quantitative estimate of drug-likeness (QED) is 0.692. The average Bonchev–Trinajstić information content (AvgIpc) is 2.35. The summed E-state index contributed by atoms with van der Waals surface area (Å²) >= 11 is 0. The highest BCUT2D eigenvalue weighted by Crippen LogP contribution is 2.28. The van der Waals surface area contributed by atoms with E-state index in [1.807, 2.05) is 13.0 Å². The van der Waals surface area contributed by atoms with Crippen molar-refractivity contribution in [2.24, 2.45) is 5.73 Å². The lowest BCUT2D eigenvalue weighted by Crippen LogP contribution is -2.05. The molecule has 102 valence electrons. The van der Waals surface area contributed by atoms with Gasteiger partial charge in [0.05, 0.1) is 6.61 Å².